The molecule has 114 valence electrons. The number of carbonyl (C=O) groups is 1. The second-order valence-corrected chi connectivity index (χ2v) is 5.95. The van der Waals surface area contributed by atoms with Crippen molar-refractivity contribution in [1.29, 1.82) is 0 Å². The number of benzene rings is 2. The van der Waals surface area contributed by atoms with Crippen molar-refractivity contribution in [1.82, 2.24) is 4.90 Å². The van der Waals surface area contributed by atoms with E-state index in [9.17, 15) is 4.79 Å². The van der Waals surface area contributed by atoms with Gasteiger partial charge in [0.2, 0.25) is 0 Å². The summed E-state index contributed by atoms with van der Waals surface area (Å²) in [5.41, 5.74) is 10.6. The van der Waals surface area contributed by atoms with Crippen molar-refractivity contribution in [2.45, 2.75) is 38.9 Å². The summed E-state index contributed by atoms with van der Waals surface area (Å²) in [5.74, 6) is 0.0937. The summed E-state index contributed by atoms with van der Waals surface area (Å²) in [4.78, 5) is 14.4. The van der Waals surface area contributed by atoms with Crippen LogP contribution in [-0.4, -0.2) is 10.8 Å². The maximum Gasteiger partial charge on any atom is 0.254 e. The highest BCUT2D eigenvalue weighted by Gasteiger charge is 2.24. The Kier molecular flexibility index (Phi) is 4.25. The Bertz CT molecular complexity index is 666. The van der Waals surface area contributed by atoms with Crippen LogP contribution in [0.1, 0.15) is 52.9 Å². The topological polar surface area (TPSA) is 46.3 Å². The Balaban J connectivity index is 1.77. The van der Waals surface area contributed by atoms with Gasteiger partial charge in [-0.2, -0.15) is 0 Å². The average Bonchev–Trinajstić information content (AvgIpc) is 2.98. The molecule has 0 radical (unpaired) electrons. The van der Waals surface area contributed by atoms with Crippen molar-refractivity contribution in [2.24, 2.45) is 5.73 Å². The van der Waals surface area contributed by atoms with E-state index < -0.39 is 0 Å². The number of amides is 1. The lowest BCUT2D eigenvalue weighted by Crippen LogP contribution is -2.25. The third-order valence-corrected chi connectivity index (χ3v) is 4.29. The Morgan fingerprint density at radius 1 is 1.14 bits per heavy atom. The van der Waals surface area contributed by atoms with Crippen LogP contribution in [0.2, 0.25) is 0 Å². The first-order valence-electron chi connectivity index (χ1n) is 7.90. The Hall–Kier alpha value is -2.13. The molecule has 0 bridgehead atoms. The van der Waals surface area contributed by atoms with Crippen LogP contribution >= 0.6 is 0 Å². The highest BCUT2D eigenvalue weighted by atomic mass is 16.2. The van der Waals surface area contributed by atoms with Crippen LogP contribution in [-0.2, 0) is 13.1 Å². The number of nitrogens with two attached hydrogens (primary N) is 1. The van der Waals surface area contributed by atoms with Gasteiger partial charge in [0.15, 0.2) is 0 Å². The van der Waals surface area contributed by atoms with Crippen LogP contribution in [0.3, 0.4) is 0 Å². The van der Waals surface area contributed by atoms with Gasteiger partial charge in [-0.3, -0.25) is 4.79 Å². The Morgan fingerprint density at radius 3 is 2.59 bits per heavy atom. The van der Waals surface area contributed by atoms with Crippen LogP contribution in [0, 0.1) is 0 Å². The van der Waals surface area contributed by atoms with Gasteiger partial charge in [0.05, 0.1) is 0 Å². The quantitative estimate of drug-likeness (QED) is 0.935. The molecule has 0 saturated heterocycles. The first kappa shape index (κ1) is 14.8. The maximum absolute atomic E-state index is 12.5. The molecule has 1 heterocycles. The van der Waals surface area contributed by atoms with Gasteiger partial charge in [0.25, 0.3) is 5.91 Å². The Morgan fingerprint density at radius 2 is 1.86 bits per heavy atom. The standard InChI is InChI=1S/C19H22N2O/c1-2-6-18(20)15-9-10-16-12-21(13-17(16)11-15)19(22)14-7-4-3-5-8-14/h3-5,7-11,18H,2,6,12-13,20H2,1H3. The molecule has 3 heteroatoms. The summed E-state index contributed by atoms with van der Waals surface area (Å²) in [6, 6.07) is 16.0. The van der Waals surface area contributed by atoms with E-state index in [2.05, 4.69) is 25.1 Å². The van der Waals surface area contributed by atoms with Gasteiger partial charge in [0.1, 0.15) is 0 Å². The van der Waals surface area contributed by atoms with Crippen LogP contribution in [0.4, 0.5) is 0 Å². The molecule has 0 aromatic heterocycles. The van der Waals surface area contributed by atoms with Gasteiger partial charge in [0, 0.05) is 24.7 Å². The van der Waals surface area contributed by atoms with Gasteiger partial charge in [-0.1, -0.05) is 49.7 Å². The van der Waals surface area contributed by atoms with Crippen molar-refractivity contribution < 1.29 is 4.79 Å². The molecule has 1 aliphatic heterocycles. The molecule has 0 aliphatic carbocycles. The predicted octanol–water partition coefficient (Wildman–Crippen LogP) is 3.64. The molecular weight excluding hydrogens is 272 g/mol. The molecule has 2 aromatic rings. The molecule has 2 aromatic carbocycles. The predicted molar refractivity (Wildman–Crippen MR) is 88.3 cm³/mol. The van der Waals surface area contributed by atoms with Crippen molar-refractivity contribution in [3.8, 4) is 0 Å². The Labute approximate surface area is 131 Å². The molecule has 1 amide bonds. The van der Waals surface area contributed by atoms with Crippen molar-refractivity contribution in [3.63, 3.8) is 0 Å². The zero-order chi connectivity index (χ0) is 15.5. The fourth-order valence-corrected chi connectivity index (χ4v) is 3.03. The first-order valence-corrected chi connectivity index (χ1v) is 7.90. The smallest absolute Gasteiger partial charge is 0.254 e. The average molecular weight is 294 g/mol. The number of hydrogen-bond acceptors (Lipinski definition) is 2. The lowest BCUT2D eigenvalue weighted by atomic mass is 9.99. The summed E-state index contributed by atoms with van der Waals surface area (Å²) in [6.07, 6.45) is 2.07. The van der Waals surface area contributed by atoms with Crippen LogP contribution < -0.4 is 5.73 Å². The molecule has 2 N–H and O–H groups in total. The lowest BCUT2D eigenvalue weighted by molar-refractivity contribution is 0.0751. The molecule has 3 rings (SSSR count). The SMILES string of the molecule is CCCC(N)c1ccc2c(c1)CN(C(=O)c1ccccc1)C2. The van der Waals surface area contributed by atoms with Gasteiger partial charge in [-0.25, -0.2) is 0 Å². The second kappa shape index (κ2) is 6.32. The minimum Gasteiger partial charge on any atom is -0.330 e. The number of hydrogen-bond donors (Lipinski definition) is 1. The summed E-state index contributed by atoms with van der Waals surface area (Å²) < 4.78 is 0. The summed E-state index contributed by atoms with van der Waals surface area (Å²) in [6.45, 7) is 3.51. The molecule has 22 heavy (non-hydrogen) atoms. The minimum absolute atomic E-state index is 0.0918. The van der Waals surface area contributed by atoms with Crippen LogP contribution in [0.5, 0.6) is 0 Å². The fourth-order valence-electron chi connectivity index (χ4n) is 3.03. The van der Waals surface area contributed by atoms with Gasteiger partial charge >= 0.3 is 0 Å². The molecule has 3 nitrogen and oxygen atoms in total. The fraction of sp³-hybridized carbons (Fsp3) is 0.316. The van der Waals surface area contributed by atoms with E-state index in [-0.39, 0.29) is 11.9 Å². The lowest BCUT2D eigenvalue weighted by Gasteiger charge is -2.15. The zero-order valence-electron chi connectivity index (χ0n) is 13.0. The first-order chi connectivity index (χ1) is 10.7. The van der Waals surface area contributed by atoms with Crippen LogP contribution in [0.25, 0.3) is 0 Å². The van der Waals surface area contributed by atoms with E-state index in [0.29, 0.717) is 13.1 Å². The number of rotatable bonds is 4. The van der Waals surface area contributed by atoms with E-state index in [1.807, 2.05) is 35.2 Å². The largest absolute Gasteiger partial charge is 0.330 e. The summed E-state index contributed by atoms with van der Waals surface area (Å²) in [7, 11) is 0. The molecule has 1 aliphatic rings. The highest BCUT2D eigenvalue weighted by Crippen LogP contribution is 2.27. The van der Waals surface area contributed by atoms with E-state index in [0.717, 1.165) is 18.4 Å². The molecule has 1 unspecified atom stereocenters. The van der Waals surface area contributed by atoms with Gasteiger partial charge in [-0.15, -0.1) is 0 Å². The second-order valence-electron chi connectivity index (χ2n) is 5.95. The van der Waals surface area contributed by atoms with E-state index >= 15 is 0 Å². The maximum atomic E-state index is 12.5. The van der Waals surface area contributed by atoms with E-state index in [1.54, 1.807) is 0 Å². The highest BCUT2D eigenvalue weighted by molar-refractivity contribution is 5.94. The summed E-state index contributed by atoms with van der Waals surface area (Å²) in [5, 5.41) is 0. The number of nitrogens with zero attached hydrogens (tertiary/aromatic N) is 1. The van der Waals surface area contributed by atoms with Crippen LogP contribution in [0.15, 0.2) is 48.5 Å². The van der Waals surface area contributed by atoms with Crippen molar-refractivity contribution in [3.05, 3.63) is 70.8 Å². The monoisotopic (exact) mass is 294 g/mol. The molecule has 1 atom stereocenters. The minimum atomic E-state index is 0.0918. The van der Waals surface area contributed by atoms with Gasteiger partial charge in [-0.05, 0) is 35.2 Å². The molecular formula is C19H22N2O. The summed E-state index contributed by atoms with van der Waals surface area (Å²) >= 11 is 0. The normalized spacial score (nSPS) is 14.7. The van der Waals surface area contributed by atoms with Gasteiger partial charge < -0.3 is 10.6 Å². The van der Waals surface area contributed by atoms with E-state index in [1.165, 1.54) is 16.7 Å². The van der Waals surface area contributed by atoms with Crippen molar-refractivity contribution >= 4 is 5.91 Å². The van der Waals surface area contributed by atoms with Crippen molar-refractivity contribution in [2.75, 3.05) is 0 Å². The molecule has 0 saturated carbocycles. The number of fused-ring (bicyclic) bond motifs is 1. The third-order valence-electron chi connectivity index (χ3n) is 4.29. The molecule has 0 spiro atoms. The van der Waals surface area contributed by atoms with E-state index in [4.69, 9.17) is 5.73 Å². The molecule has 0 fully saturated rings. The third kappa shape index (κ3) is 2.90. The zero-order valence-corrected chi connectivity index (χ0v) is 13.0. The number of carbonyl (C=O) groups excluding carboxylic acids is 1.